The number of hydrogen-bond donors (Lipinski definition) is 1. The molecule has 1 aliphatic heterocycles. The lowest BCUT2D eigenvalue weighted by Crippen LogP contribution is -2.46. The van der Waals surface area contributed by atoms with E-state index < -0.39 is 0 Å². The normalized spacial score (nSPS) is 36.7. The van der Waals surface area contributed by atoms with Crippen LogP contribution >= 0.6 is 0 Å². The summed E-state index contributed by atoms with van der Waals surface area (Å²) in [5.74, 6) is 0.397. The Labute approximate surface area is 92.6 Å². The minimum absolute atomic E-state index is 0.0146. The van der Waals surface area contributed by atoms with E-state index in [4.69, 9.17) is 4.74 Å². The molecule has 0 bridgehead atoms. The Morgan fingerprint density at radius 2 is 1.67 bits per heavy atom. The second-order valence-electron chi connectivity index (χ2n) is 5.67. The van der Waals surface area contributed by atoms with Crippen molar-refractivity contribution >= 4 is 5.91 Å². The summed E-state index contributed by atoms with van der Waals surface area (Å²) < 4.78 is 5.66. The van der Waals surface area contributed by atoms with Gasteiger partial charge in [-0.1, -0.05) is 6.92 Å². The summed E-state index contributed by atoms with van der Waals surface area (Å²) in [5, 5.41) is 3.02. The fraction of sp³-hybridized carbons (Fsp3) is 0.917. The fourth-order valence-corrected chi connectivity index (χ4v) is 2.17. The van der Waals surface area contributed by atoms with Crippen molar-refractivity contribution in [2.45, 2.75) is 59.3 Å². The Balaban J connectivity index is 2.67. The highest BCUT2D eigenvalue weighted by atomic mass is 16.5. The maximum Gasteiger partial charge on any atom is 0.226 e. The quantitative estimate of drug-likeness (QED) is 0.723. The third-order valence-corrected chi connectivity index (χ3v) is 3.04. The molecule has 1 saturated heterocycles. The van der Waals surface area contributed by atoms with E-state index in [1.54, 1.807) is 0 Å². The number of rotatable bonds is 1. The van der Waals surface area contributed by atoms with Crippen LogP contribution < -0.4 is 5.32 Å². The van der Waals surface area contributed by atoms with Gasteiger partial charge in [0.25, 0.3) is 0 Å². The van der Waals surface area contributed by atoms with Gasteiger partial charge in [0.05, 0.1) is 18.1 Å². The lowest BCUT2D eigenvalue weighted by molar-refractivity contribution is -0.128. The molecule has 1 aliphatic rings. The molecule has 0 radical (unpaired) electrons. The molecule has 1 N–H and O–H groups in total. The van der Waals surface area contributed by atoms with Crippen LogP contribution in [0, 0.1) is 11.8 Å². The Morgan fingerprint density at radius 3 is 2.00 bits per heavy atom. The van der Waals surface area contributed by atoms with Gasteiger partial charge in [0.15, 0.2) is 0 Å². The average Bonchev–Trinajstić information content (AvgIpc) is 2.22. The predicted molar refractivity (Wildman–Crippen MR) is 60.6 cm³/mol. The first-order valence-corrected chi connectivity index (χ1v) is 5.70. The minimum atomic E-state index is -0.164. The van der Waals surface area contributed by atoms with Crippen LogP contribution in [-0.4, -0.2) is 23.7 Å². The van der Waals surface area contributed by atoms with E-state index in [0.29, 0.717) is 5.92 Å². The molecule has 1 rings (SSSR count). The molecule has 0 aromatic rings. The van der Waals surface area contributed by atoms with E-state index >= 15 is 0 Å². The van der Waals surface area contributed by atoms with Crippen LogP contribution in [0.4, 0.5) is 0 Å². The first-order valence-electron chi connectivity index (χ1n) is 5.70. The first kappa shape index (κ1) is 12.5. The fourth-order valence-electron chi connectivity index (χ4n) is 2.17. The maximum atomic E-state index is 12.0. The zero-order chi connectivity index (χ0) is 11.8. The standard InChI is InChI=1S/C12H23NO2/c1-7-8(2)15-9(3)10(7)11(14)13-12(4,5)6/h7-10H,1-6H3,(H,13,14). The number of amides is 1. The third kappa shape index (κ3) is 2.94. The van der Waals surface area contributed by atoms with Gasteiger partial charge in [-0.05, 0) is 40.5 Å². The topological polar surface area (TPSA) is 38.3 Å². The maximum absolute atomic E-state index is 12.0. The van der Waals surface area contributed by atoms with Gasteiger partial charge in [-0.25, -0.2) is 0 Å². The van der Waals surface area contributed by atoms with Crippen molar-refractivity contribution in [1.29, 1.82) is 0 Å². The van der Waals surface area contributed by atoms with E-state index in [9.17, 15) is 4.79 Å². The van der Waals surface area contributed by atoms with Crippen molar-refractivity contribution in [2.75, 3.05) is 0 Å². The van der Waals surface area contributed by atoms with Crippen molar-refractivity contribution in [3.8, 4) is 0 Å². The molecule has 1 amide bonds. The van der Waals surface area contributed by atoms with Gasteiger partial charge in [-0.3, -0.25) is 4.79 Å². The highest BCUT2D eigenvalue weighted by Gasteiger charge is 2.42. The summed E-state index contributed by atoms with van der Waals surface area (Å²) >= 11 is 0. The molecule has 0 aromatic carbocycles. The van der Waals surface area contributed by atoms with Gasteiger partial charge < -0.3 is 10.1 Å². The average molecular weight is 213 g/mol. The van der Waals surface area contributed by atoms with Crippen molar-refractivity contribution in [1.82, 2.24) is 5.32 Å². The molecule has 4 unspecified atom stereocenters. The smallest absolute Gasteiger partial charge is 0.226 e. The largest absolute Gasteiger partial charge is 0.374 e. The zero-order valence-electron chi connectivity index (χ0n) is 10.6. The molecule has 0 spiro atoms. The second kappa shape index (κ2) is 4.12. The van der Waals surface area contributed by atoms with Crippen LogP contribution in [0.3, 0.4) is 0 Å². The molecule has 0 saturated carbocycles. The summed E-state index contributed by atoms with van der Waals surface area (Å²) in [6.45, 7) is 12.1. The van der Waals surface area contributed by atoms with Crippen LogP contribution in [0.1, 0.15) is 41.5 Å². The van der Waals surface area contributed by atoms with Crippen LogP contribution in [0.2, 0.25) is 0 Å². The number of ether oxygens (including phenoxy) is 1. The molecule has 0 aliphatic carbocycles. The molecular formula is C12H23NO2. The van der Waals surface area contributed by atoms with Crippen LogP contribution in [-0.2, 0) is 9.53 Å². The number of carbonyl (C=O) groups is 1. The van der Waals surface area contributed by atoms with Crippen LogP contribution in [0.5, 0.6) is 0 Å². The molecule has 3 heteroatoms. The second-order valence-corrected chi connectivity index (χ2v) is 5.67. The zero-order valence-corrected chi connectivity index (χ0v) is 10.6. The summed E-state index contributed by atoms with van der Waals surface area (Å²) in [6, 6.07) is 0. The lowest BCUT2D eigenvalue weighted by Gasteiger charge is -2.25. The Bertz CT molecular complexity index is 244. The Morgan fingerprint density at radius 1 is 1.13 bits per heavy atom. The highest BCUT2D eigenvalue weighted by Crippen LogP contribution is 2.32. The van der Waals surface area contributed by atoms with E-state index in [-0.39, 0.29) is 29.6 Å². The summed E-state index contributed by atoms with van der Waals surface area (Å²) in [4.78, 5) is 12.0. The monoisotopic (exact) mass is 213 g/mol. The van der Waals surface area contributed by atoms with E-state index in [1.165, 1.54) is 0 Å². The summed E-state index contributed by atoms with van der Waals surface area (Å²) in [7, 11) is 0. The lowest BCUT2D eigenvalue weighted by atomic mass is 9.88. The van der Waals surface area contributed by atoms with E-state index in [2.05, 4.69) is 12.2 Å². The van der Waals surface area contributed by atoms with Gasteiger partial charge >= 0.3 is 0 Å². The van der Waals surface area contributed by atoms with Crippen molar-refractivity contribution in [3.05, 3.63) is 0 Å². The van der Waals surface area contributed by atoms with E-state index in [1.807, 2.05) is 34.6 Å². The highest BCUT2D eigenvalue weighted by molar-refractivity contribution is 5.80. The molecule has 1 fully saturated rings. The first-order chi connectivity index (χ1) is 6.72. The summed E-state index contributed by atoms with van der Waals surface area (Å²) in [5.41, 5.74) is -0.164. The van der Waals surface area contributed by atoms with Gasteiger partial charge in [0.2, 0.25) is 5.91 Å². The Hall–Kier alpha value is -0.570. The molecule has 3 nitrogen and oxygen atoms in total. The molecular weight excluding hydrogens is 190 g/mol. The van der Waals surface area contributed by atoms with Crippen molar-refractivity contribution in [2.24, 2.45) is 11.8 Å². The Kier molecular flexibility index (Phi) is 3.44. The van der Waals surface area contributed by atoms with Crippen molar-refractivity contribution in [3.63, 3.8) is 0 Å². The van der Waals surface area contributed by atoms with Crippen LogP contribution in [0.15, 0.2) is 0 Å². The van der Waals surface area contributed by atoms with E-state index in [0.717, 1.165) is 0 Å². The molecule has 4 atom stereocenters. The molecule has 15 heavy (non-hydrogen) atoms. The molecule has 1 heterocycles. The number of carbonyl (C=O) groups excluding carboxylic acids is 1. The number of nitrogens with one attached hydrogen (secondary N) is 1. The van der Waals surface area contributed by atoms with Gasteiger partial charge in [0, 0.05) is 5.54 Å². The summed E-state index contributed by atoms with van der Waals surface area (Å²) in [6.07, 6.45) is 0.202. The predicted octanol–water partition coefficient (Wildman–Crippen LogP) is 1.96. The van der Waals surface area contributed by atoms with Crippen molar-refractivity contribution < 1.29 is 9.53 Å². The number of hydrogen-bond acceptors (Lipinski definition) is 2. The molecule has 0 aromatic heterocycles. The van der Waals surface area contributed by atoms with Crippen LogP contribution in [0.25, 0.3) is 0 Å². The van der Waals surface area contributed by atoms with Gasteiger partial charge in [-0.2, -0.15) is 0 Å². The SMILES string of the molecule is CC1OC(C)C(C(=O)NC(C)(C)C)C1C. The third-order valence-electron chi connectivity index (χ3n) is 3.04. The van der Waals surface area contributed by atoms with Gasteiger partial charge in [0.1, 0.15) is 0 Å². The minimum Gasteiger partial charge on any atom is -0.374 e. The molecule has 88 valence electrons. The van der Waals surface area contributed by atoms with Gasteiger partial charge in [-0.15, -0.1) is 0 Å².